The van der Waals surface area contributed by atoms with Gasteiger partial charge in [-0.15, -0.1) is 0 Å². The van der Waals surface area contributed by atoms with Gasteiger partial charge in [0.25, 0.3) is 0 Å². The highest BCUT2D eigenvalue weighted by molar-refractivity contribution is 6.04. The average Bonchev–Trinajstić information content (AvgIpc) is 3.02. The molecule has 4 heteroatoms. The van der Waals surface area contributed by atoms with Crippen LogP contribution in [0.5, 0.6) is 0 Å². The number of fused-ring (bicyclic) bond motifs is 1. The van der Waals surface area contributed by atoms with Crippen molar-refractivity contribution in [1.29, 1.82) is 0 Å². The molecular formula is C16H19NO3. The molecule has 2 aliphatic rings. The maximum atomic E-state index is 12.9. The van der Waals surface area contributed by atoms with Crippen LogP contribution in [-0.4, -0.2) is 23.0 Å². The molecule has 1 atom stereocenters. The molecule has 1 aliphatic carbocycles. The lowest BCUT2D eigenvalue weighted by atomic mass is 9.86. The third kappa shape index (κ3) is 1.90. The first kappa shape index (κ1) is 13.2. The van der Waals surface area contributed by atoms with E-state index in [1.54, 1.807) is 0 Å². The molecule has 4 nitrogen and oxygen atoms in total. The highest BCUT2D eigenvalue weighted by Gasteiger charge is 2.46. The first-order valence-corrected chi connectivity index (χ1v) is 7.17. The molecule has 1 fully saturated rings. The molecule has 1 amide bonds. The van der Waals surface area contributed by atoms with Crippen molar-refractivity contribution in [2.75, 3.05) is 4.90 Å². The fourth-order valence-corrected chi connectivity index (χ4v) is 3.49. The lowest BCUT2D eigenvalue weighted by molar-refractivity contribution is -0.141. The number of para-hydroxylation sites is 1. The molecule has 0 radical (unpaired) electrons. The predicted molar refractivity (Wildman–Crippen MR) is 75.6 cm³/mol. The van der Waals surface area contributed by atoms with Crippen molar-refractivity contribution in [3.8, 4) is 0 Å². The van der Waals surface area contributed by atoms with Crippen molar-refractivity contribution < 1.29 is 14.7 Å². The number of carboxylic acids is 1. The van der Waals surface area contributed by atoms with Crippen molar-refractivity contribution in [2.45, 2.75) is 45.1 Å². The Labute approximate surface area is 118 Å². The fourth-order valence-electron chi connectivity index (χ4n) is 3.49. The van der Waals surface area contributed by atoms with Crippen molar-refractivity contribution in [2.24, 2.45) is 5.41 Å². The van der Waals surface area contributed by atoms with Crippen LogP contribution >= 0.6 is 0 Å². The van der Waals surface area contributed by atoms with Crippen LogP contribution in [-0.2, 0) is 16.0 Å². The van der Waals surface area contributed by atoms with E-state index in [0.29, 0.717) is 6.42 Å². The van der Waals surface area contributed by atoms with Crippen LogP contribution in [0.3, 0.4) is 0 Å². The number of carbonyl (C=O) groups is 2. The van der Waals surface area contributed by atoms with Gasteiger partial charge in [0.05, 0.1) is 0 Å². The number of carbonyl (C=O) groups excluding carboxylic acids is 1. The normalized spacial score (nSPS) is 23.6. The van der Waals surface area contributed by atoms with E-state index in [4.69, 9.17) is 0 Å². The highest BCUT2D eigenvalue weighted by atomic mass is 16.4. The summed E-state index contributed by atoms with van der Waals surface area (Å²) in [6.45, 7) is 1.97. The van der Waals surface area contributed by atoms with Crippen molar-refractivity contribution >= 4 is 17.6 Å². The summed E-state index contributed by atoms with van der Waals surface area (Å²) in [4.78, 5) is 26.0. The van der Waals surface area contributed by atoms with E-state index >= 15 is 0 Å². The van der Waals surface area contributed by atoms with Gasteiger partial charge in [0.15, 0.2) is 0 Å². The maximum absolute atomic E-state index is 12.9. The SMILES string of the molecule is CC1(C(=O)N2c3ccccc3C[C@H]2C(=O)O)CCCC1. The Balaban J connectivity index is 2.00. The zero-order valence-corrected chi connectivity index (χ0v) is 11.6. The summed E-state index contributed by atoms with van der Waals surface area (Å²) in [5.74, 6) is -0.941. The summed E-state index contributed by atoms with van der Waals surface area (Å²) in [6, 6.07) is 6.77. The second-order valence-corrected chi connectivity index (χ2v) is 6.13. The van der Waals surface area contributed by atoms with Crippen molar-refractivity contribution in [1.82, 2.24) is 0 Å². The van der Waals surface area contributed by atoms with E-state index < -0.39 is 17.4 Å². The smallest absolute Gasteiger partial charge is 0.327 e. The van der Waals surface area contributed by atoms with Crippen LogP contribution in [0.25, 0.3) is 0 Å². The zero-order valence-electron chi connectivity index (χ0n) is 11.6. The molecular weight excluding hydrogens is 254 g/mol. The number of rotatable bonds is 2. The van der Waals surface area contributed by atoms with Gasteiger partial charge in [0.2, 0.25) is 5.91 Å². The Bertz CT molecular complexity index is 561. The van der Waals surface area contributed by atoms with Gasteiger partial charge in [-0.3, -0.25) is 9.69 Å². The van der Waals surface area contributed by atoms with Crippen LogP contribution in [0.2, 0.25) is 0 Å². The Morgan fingerprint density at radius 1 is 1.25 bits per heavy atom. The van der Waals surface area contributed by atoms with E-state index in [0.717, 1.165) is 36.9 Å². The van der Waals surface area contributed by atoms with Gasteiger partial charge >= 0.3 is 5.97 Å². The first-order valence-electron chi connectivity index (χ1n) is 7.17. The summed E-state index contributed by atoms with van der Waals surface area (Å²) in [7, 11) is 0. The van der Waals surface area contributed by atoms with Crippen molar-refractivity contribution in [3.63, 3.8) is 0 Å². The van der Waals surface area contributed by atoms with Gasteiger partial charge in [-0.1, -0.05) is 38.0 Å². The second-order valence-electron chi connectivity index (χ2n) is 6.13. The summed E-state index contributed by atoms with van der Waals surface area (Å²) in [6.07, 6.45) is 4.23. The van der Waals surface area contributed by atoms with Gasteiger partial charge in [0, 0.05) is 17.5 Å². The number of benzene rings is 1. The minimum absolute atomic E-state index is 0.0210. The van der Waals surface area contributed by atoms with Gasteiger partial charge in [-0.05, 0) is 24.5 Å². The van der Waals surface area contributed by atoms with Crippen LogP contribution in [0.15, 0.2) is 24.3 Å². The number of amides is 1. The molecule has 1 aromatic rings. The Hall–Kier alpha value is -1.84. The zero-order chi connectivity index (χ0) is 14.3. The molecule has 1 aromatic carbocycles. The molecule has 20 heavy (non-hydrogen) atoms. The van der Waals surface area contributed by atoms with Gasteiger partial charge < -0.3 is 5.11 Å². The largest absolute Gasteiger partial charge is 0.480 e. The van der Waals surface area contributed by atoms with Crippen LogP contribution < -0.4 is 4.90 Å². The van der Waals surface area contributed by atoms with Crippen LogP contribution in [0, 0.1) is 5.41 Å². The lowest BCUT2D eigenvalue weighted by Crippen LogP contribution is -2.48. The Morgan fingerprint density at radius 3 is 2.55 bits per heavy atom. The van der Waals surface area contributed by atoms with E-state index in [1.807, 2.05) is 31.2 Å². The number of nitrogens with zero attached hydrogens (tertiary/aromatic N) is 1. The first-order chi connectivity index (χ1) is 9.53. The Kier molecular flexibility index (Phi) is 3.04. The summed E-state index contributed by atoms with van der Waals surface area (Å²) in [5.41, 5.74) is 1.33. The molecule has 1 aliphatic heterocycles. The topological polar surface area (TPSA) is 57.6 Å². The summed E-state index contributed by atoms with van der Waals surface area (Å²) in [5, 5.41) is 9.44. The van der Waals surface area contributed by atoms with E-state index in [9.17, 15) is 14.7 Å². The molecule has 0 spiro atoms. The fraction of sp³-hybridized carbons (Fsp3) is 0.500. The molecule has 0 bridgehead atoms. The highest BCUT2D eigenvalue weighted by Crippen LogP contribution is 2.43. The number of aliphatic carboxylic acids is 1. The minimum Gasteiger partial charge on any atom is -0.480 e. The third-order valence-corrected chi connectivity index (χ3v) is 4.70. The van der Waals surface area contributed by atoms with E-state index in [-0.39, 0.29) is 5.91 Å². The molecule has 1 N–H and O–H groups in total. The molecule has 1 saturated carbocycles. The van der Waals surface area contributed by atoms with Gasteiger partial charge in [-0.2, -0.15) is 0 Å². The molecule has 0 aromatic heterocycles. The van der Waals surface area contributed by atoms with E-state index in [2.05, 4.69) is 0 Å². The minimum atomic E-state index is -0.920. The third-order valence-electron chi connectivity index (χ3n) is 4.70. The van der Waals surface area contributed by atoms with Gasteiger partial charge in [0.1, 0.15) is 6.04 Å². The average molecular weight is 273 g/mol. The van der Waals surface area contributed by atoms with Gasteiger partial charge in [-0.25, -0.2) is 4.79 Å². The van der Waals surface area contributed by atoms with Crippen LogP contribution in [0.4, 0.5) is 5.69 Å². The summed E-state index contributed by atoms with van der Waals surface area (Å²) < 4.78 is 0. The molecule has 1 heterocycles. The van der Waals surface area contributed by atoms with Crippen molar-refractivity contribution in [3.05, 3.63) is 29.8 Å². The maximum Gasteiger partial charge on any atom is 0.327 e. The molecule has 106 valence electrons. The number of anilines is 1. The monoisotopic (exact) mass is 273 g/mol. The number of hydrogen-bond acceptors (Lipinski definition) is 2. The molecule has 0 saturated heterocycles. The summed E-state index contributed by atoms with van der Waals surface area (Å²) >= 11 is 0. The second kappa shape index (κ2) is 4.62. The lowest BCUT2D eigenvalue weighted by Gasteiger charge is -2.31. The molecule has 0 unspecified atom stereocenters. The standard InChI is InChI=1S/C16H19NO3/c1-16(8-4-5-9-16)15(20)17-12-7-3-2-6-11(12)10-13(17)14(18)19/h2-3,6-7,13H,4-5,8-10H2,1H3,(H,18,19)/t13-/m0/s1. The Morgan fingerprint density at radius 2 is 1.90 bits per heavy atom. The van der Waals surface area contributed by atoms with E-state index in [1.165, 1.54) is 4.90 Å². The number of carboxylic acid groups (broad SMARTS) is 1. The molecule has 3 rings (SSSR count). The number of hydrogen-bond donors (Lipinski definition) is 1. The predicted octanol–water partition coefficient (Wildman–Crippen LogP) is 2.61. The van der Waals surface area contributed by atoms with Crippen LogP contribution in [0.1, 0.15) is 38.2 Å². The quantitative estimate of drug-likeness (QED) is 0.901.